The van der Waals surface area contributed by atoms with Crippen LogP contribution >= 0.6 is 56.8 Å². The van der Waals surface area contributed by atoms with Crippen molar-refractivity contribution in [2.24, 2.45) is 0 Å². The lowest BCUT2D eigenvalue weighted by atomic mass is 10.4. The van der Waals surface area contributed by atoms with E-state index in [1.54, 1.807) is 6.20 Å². The molecule has 2 nitrogen and oxygen atoms in total. The molecule has 0 unspecified atom stereocenters. The first-order valence-electron chi connectivity index (χ1n) is 2.38. The SMILES string of the molecule is Nc1c(I)cnc(Cl)c1I. The number of pyridine rings is 1. The molecule has 0 bridgehead atoms. The second kappa shape index (κ2) is 3.40. The van der Waals surface area contributed by atoms with E-state index in [1.165, 1.54) is 0 Å². The summed E-state index contributed by atoms with van der Waals surface area (Å²) in [7, 11) is 0. The quantitative estimate of drug-likeness (QED) is 0.555. The molecule has 0 saturated carbocycles. The molecule has 0 radical (unpaired) electrons. The smallest absolute Gasteiger partial charge is 0.144 e. The molecule has 0 aliphatic carbocycles. The molecule has 0 aromatic carbocycles. The zero-order valence-electron chi connectivity index (χ0n) is 4.74. The minimum Gasteiger partial charge on any atom is -0.397 e. The van der Waals surface area contributed by atoms with Crippen LogP contribution in [-0.4, -0.2) is 4.98 Å². The Balaban J connectivity index is 3.34. The zero-order valence-corrected chi connectivity index (χ0v) is 9.81. The van der Waals surface area contributed by atoms with Gasteiger partial charge in [0, 0.05) is 6.20 Å². The molecule has 1 aromatic rings. The Labute approximate surface area is 90.8 Å². The maximum atomic E-state index is 5.68. The second-order valence-corrected chi connectivity index (χ2v) is 4.22. The van der Waals surface area contributed by atoms with Crippen molar-refractivity contribution in [2.75, 3.05) is 5.73 Å². The second-order valence-electron chi connectivity index (χ2n) is 1.62. The first-order chi connectivity index (χ1) is 4.63. The maximum absolute atomic E-state index is 5.68. The van der Waals surface area contributed by atoms with Gasteiger partial charge in [0.1, 0.15) is 5.15 Å². The van der Waals surface area contributed by atoms with Crippen LogP contribution in [0.5, 0.6) is 0 Å². The van der Waals surface area contributed by atoms with Gasteiger partial charge in [-0.25, -0.2) is 4.98 Å². The molecule has 1 aromatic heterocycles. The number of hydrogen-bond acceptors (Lipinski definition) is 2. The third kappa shape index (κ3) is 1.65. The van der Waals surface area contributed by atoms with E-state index < -0.39 is 0 Å². The molecule has 1 rings (SSSR count). The largest absolute Gasteiger partial charge is 0.397 e. The van der Waals surface area contributed by atoms with Gasteiger partial charge in [-0.15, -0.1) is 0 Å². The Morgan fingerprint density at radius 2 is 2.10 bits per heavy atom. The highest BCUT2D eigenvalue weighted by molar-refractivity contribution is 14.1. The van der Waals surface area contributed by atoms with Gasteiger partial charge in [0.05, 0.1) is 12.8 Å². The van der Waals surface area contributed by atoms with E-state index in [0.29, 0.717) is 10.8 Å². The number of hydrogen-bond donors (Lipinski definition) is 1. The Kier molecular flexibility index (Phi) is 2.99. The lowest BCUT2D eigenvalue weighted by Gasteiger charge is -2.00. The monoisotopic (exact) mass is 380 g/mol. The minimum atomic E-state index is 0.471. The van der Waals surface area contributed by atoms with Gasteiger partial charge in [-0.3, -0.25) is 0 Å². The summed E-state index contributed by atoms with van der Waals surface area (Å²) in [4.78, 5) is 3.91. The lowest BCUT2D eigenvalue weighted by Crippen LogP contribution is -1.95. The van der Waals surface area contributed by atoms with Gasteiger partial charge in [-0.05, 0) is 45.2 Å². The summed E-state index contributed by atoms with van der Waals surface area (Å²) in [5.74, 6) is 0. The third-order valence-corrected chi connectivity index (χ3v) is 3.52. The van der Waals surface area contributed by atoms with Crippen LogP contribution in [0.1, 0.15) is 0 Å². The van der Waals surface area contributed by atoms with Crippen molar-refractivity contribution in [3.05, 3.63) is 18.5 Å². The van der Waals surface area contributed by atoms with Crippen molar-refractivity contribution in [1.82, 2.24) is 4.98 Å². The van der Waals surface area contributed by atoms with Crippen LogP contribution in [0.4, 0.5) is 5.69 Å². The molecule has 0 spiro atoms. The number of nitrogen functional groups attached to an aromatic ring is 1. The van der Waals surface area contributed by atoms with Crippen LogP contribution in [0.2, 0.25) is 5.15 Å². The van der Waals surface area contributed by atoms with Crippen molar-refractivity contribution in [3.8, 4) is 0 Å². The molecule has 0 fully saturated rings. The number of aromatic nitrogens is 1. The first-order valence-corrected chi connectivity index (χ1v) is 4.91. The summed E-state index contributed by atoms with van der Waals surface area (Å²) in [6, 6.07) is 0. The van der Waals surface area contributed by atoms with E-state index in [-0.39, 0.29) is 0 Å². The molecule has 2 N–H and O–H groups in total. The molecule has 0 aliphatic heterocycles. The molecule has 0 saturated heterocycles. The van der Waals surface area contributed by atoms with Crippen molar-refractivity contribution >= 4 is 62.5 Å². The fraction of sp³-hybridized carbons (Fsp3) is 0. The first kappa shape index (κ1) is 8.79. The number of anilines is 1. The number of nitrogens with zero attached hydrogens (tertiary/aromatic N) is 1. The van der Waals surface area contributed by atoms with Gasteiger partial charge in [-0.2, -0.15) is 0 Å². The van der Waals surface area contributed by atoms with Crippen LogP contribution in [-0.2, 0) is 0 Å². The maximum Gasteiger partial charge on any atom is 0.144 e. The van der Waals surface area contributed by atoms with Crippen molar-refractivity contribution < 1.29 is 0 Å². The minimum absolute atomic E-state index is 0.471. The highest BCUT2D eigenvalue weighted by Gasteiger charge is 2.04. The van der Waals surface area contributed by atoms with Crippen LogP contribution < -0.4 is 5.73 Å². The third-order valence-electron chi connectivity index (χ3n) is 0.966. The topological polar surface area (TPSA) is 38.9 Å². The van der Waals surface area contributed by atoms with E-state index in [0.717, 1.165) is 7.14 Å². The van der Waals surface area contributed by atoms with Crippen molar-refractivity contribution in [2.45, 2.75) is 0 Å². The van der Waals surface area contributed by atoms with Gasteiger partial charge >= 0.3 is 0 Å². The zero-order chi connectivity index (χ0) is 7.72. The number of nitrogens with two attached hydrogens (primary N) is 1. The van der Waals surface area contributed by atoms with Gasteiger partial charge in [0.2, 0.25) is 0 Å². The molecule has 0 atom stereocenters. The van der Waals surface area contributed by atoms with Crippen LogP contribution in [0, 0.1) is 7.14 Å². The van der Waals surface area contributed by atoms with Gasteiger partial charge in [0.15, 0.2) is 0 Å². The fourth-order valence-electron chi connectivity index (χ4n) is 0.456. The summed E-state index contributed by atoms with van der Waals surface area (Å²) in [6.45, 7) is 0. The van der Waals surface area contributed by atoms with Crippen molar-refractivity contribution in [3.63, 3.8) is 0 Å². The van der Waals surface area contributed by atoms with Gasteiger partial charge in [0.25, 0.3) is 0 Å². The van der Waals surface area contributed by atoms with Crippen molar-refractivity contribution in [1.29, 1.82) is 0 Å². The molecule has 10 heavy (non-hydrogen) atoms. The van der Waals surface area contributed by atoms with Crippen LogP contribution in [0.3, 0.4) is 0 Å². The summed E-state index contributed by atoms with van der Waals surface area (Å²) in [5.41, 5.74) is 6.35. The average molecular weight is 380 g/mol. The molecule has 0 aliphatic rings. The summed E-state index contributed by atoms with van der Waals surface area (Å²) in [6.07, 6.45) is 1.65. The highest BCUT2D eigenvalue weighted by atomic mass is 127. The Hall–Kier alpha value is 0.700. The lowest BCUT2D eigenvalue weighted by molar-refractivity contribution is 1.29. The molecule has 0 amide bonds. The van der Waals surface area contributed by atoms with E-state index in [1.807, 2.05) is 0 Å². The van der Waals surface area contributed by atoms with E-state index in [9.17, 15) is 0 Å². The predicted molar refractivity (Wildman–Crippen MR) is 59.1 cm³/mol. The predicted octanol–water partition coefficient (Wildman–Crippen LogP) is 2.53. The molecular weight excluding hydrogens is 377 g/mol. The molecule has 1 heterocycles. The van der Waals surface area contributed by atoms with Gasteiger partial charge < -0.3 is 5.73 Å². The standard InChI is InChI=1S/C5H3ClI2N2/c6-5-3(8)4(9)2(7)1-10-5/h1H,(H2,9,10). The van der Waals surface area contributed by atoms with E-state index in [2.05, 4.69) is 50.2 Å². The summed E-state index contributed by atoms with van der Waals surface area (Å²) in [5, 5.41) is 0.471. The number of rotatable bonds is 0. The number of halogens is 3. The Morgan fingerprint density at radius 3 is 2.60 bits per heavy atom. The van der Waals surface area contributed by atoms with E-state index >= 15 is 0 Å². The molecule has 54 valence electrons. The Bertz CT molecular complexity index is 237. The van der Waals surface area contributed by atoms with Gasteiger partial charge in [-0.1, -0.05) is 11.6 Å². The Morgan fingerprint density at radius 1 is 1.50 bits per heavy atom. The highest BCUT2D eigenvalue weighted by Crippen LogP contribution is 2.25. The molecule has 5 heteroatoms. The summed E-state index contributed by atoms with van der Waals surface area (Å²) < 4.78 is 1.76. The normalized spacial score (nSPS) is 9.90. The average Bonchev–Trinajstić information content (AvgIpc) is 1.93. The summed E-state index contributed by atoms with van der Waals surface area (Å²) >= 11 is 9.87. The van der Waals surface area contributed by atoms with E-state index in [4.69, 9.17) is 17.3 Å². The van der Waals surface area contributed by atoms with Crippen LogP contribution in [0.25, 0.3) is 0 Å². The molecular formula is C5H3ClI2N2. The van der Waals surface area contributed by atoms with Crippen LogP contribution in [0.15, 0.2) is 6.20 Å². The fourth-order valence-corrected chi connectivity index (χ4v) is 1.96.